The van der Waals surface area contributed by atoms with Gasteiger partial charge in [-0.1, -0.05) is 29.8 Å². The van der Waals surface area contributed by atoms with Gasteiger partial charge in [0.1, 0.15) is 0 Å². The van der Waals surface area contributed by atoms with Gasteiger partial charge in [0, 0.05) is 13.1 Å². The molecule has 13 heavy (non-hydrogen) atoms. The quantitative estimate of drug-likeness (QED) is 0.690. The number of amides is 1. The van der Waals surface area contributed by atoms with Crippen LogP contribution in [0.3, 0.4) is 0 Å². The fourth-order valence-electron chi connectivity index (χ4n) is 1.24. The smallest absolute Gasteiger partial charge is 0.236 e. The van der Waals surface area contributed by atoms with Gasteiger partial charge in [-0.05, 0) is 5.92 Å². The first-order chi connectivity index (χ1) is 6.13. The molecule has 1 rings (SSSR count). The van der Waals surface area contributed by atoms with Gasteiger partial charge in [0.2, 0.25) is 5.91 Å². The molecule has 1 aliphatic heterocycles. The van der Waals surface area contributed by atoms with E-state index < -0.39 is 0 Å². The molecule has 1 atom stereocenters. The maximum atomic E-state index is 11.8. The Labute approximate surface area is 87.6 Å². The Bertz CT molecular complexity index is 178. The Morgan fingerprint density at radius 2 is 1.92 bits per heavy atom. The topological polar surface area (TPSA) is 29.5 Å². The number of hydrogen-bond acceptors (Lipinski definition) is 2. The number of carbonyl (C=O) groups excluding carboxylic acids is 1. The monoisotopic (exact) mass is 249 g/mol. The molecule has 76 valence electrons. The van der Waals surface area contributed by atoms with Crippen LogP contribution in [-0.4, -0.2) is 41.9 Å². The van der Waals surface area contributed by atoms with Crippen molar-refractivity contribution in [3.63, 3.8) is 0 Å². The van der Waals surface area contributed by atoms with Crippen LogP contribution in [0.15, 0.2) is 0 Å². The van der Waals surface area contributed by atoms with Crippen molar-refractivity contribution in [3.8, 4) is 0 Å². The van der Waals surface area contributed by atoms with Crippen molar-refractivity contribution in [2.45, 2.75) is 18.7 Å². The molecule has 0 aliphatic carbocycles. The van der Waals surface area contributed by atoms with Crippen molar-refractivity contribution in [1.29, 1.82) is 0 Å². The Morgan fingerprint density at radius 1 is 1.38 bits per heavy atom. The Morgan fingerprint density at radius 3 is 2.38 bits per heavy atom. The molecular formula is C9H16BrNO2. The van der Waals surface area contributed by atoms with Crippen LogP contribution in [-0.2, 0) is 9.53 Å². The third-order valence-electron chi connectivity index (χ3n) is 2.14. The van der Waals surface area contributed by atoms with Gasteiger partial charge >= 0.3 is 0 Å². The van der Waals surface area contributed by atoms with Crippen molar-refractivity contribution < 1.29 is 9.53 Å². The summed E-state index contributed by atoms with van der Waals surface area (Å²) < 4.78 is 5.18. The number of alkyl halides is 1. The number of rotatable bonds is 2. The molecule has 0 aromatic rings. The summed E-state index contributed by atoms with van der Waals surface area (Å²) in [4.78, 5) is 13.6. The second kappa shape index (κ2) is 4.96. The summed E-state index contributed by atoms with van der Waals surface area (Å²) in [7, 11) is 0. The molecule has 3 nitrogen and oxygen atoms in total. The lowest BCUT2D eigenvalue weighted by Crippen LogP contribution is -2.45. The summed E-state index contributed by atoms with van der Waals surface area (Å²) in [5.41, 5.74) is 0. The molecule has 1 aliphatic rings. The highest BCUT2D eigenvalue weighted by atomic mass is 79.9. The summed E-state index contributed by atoms with van der Waals surface area (Å²) in [6, 6.07) is 0. The van der Waals surface area contributed by atoms with Gasteiger partial charge in [-0.15, -0.1) is 0 Å². The molecule has 0 spiro atoms. The minimum Gasteiger partial charge on any atom is -0.378 e. The zero-order chi connectivity index (χ0) is 9.84. The number of ether oxygens (including phenoxy) is 1. The van der Waals surface area contributed by atoms with Gasteiger partial charge in [0.15, 0.2) is 0 Å². The molecule has 1 heterocycles. The largest absolute Gasteiger partial charge is 0.378 e. The molecule has 0 unspecified atom stereocenters. The highest BCUT2D eigenvalue weighted by Crippen LogP contribution is 2.15. The third-order valence-corrected chi connectivity index (χ3v) is 3.59. The highest BCUT2D eigenvalue weighted by Gasteiger charge is 2.25. The maximum Gasteiger partial charge on any atom is 0.236 e. The molecule has 0 N–H and O–H groups in total. The first-order valence-electron chi connectivity index (χ1n) is 4.63. The third kappa shape index (κ3) is 2.95. The van der Waals surface area contributed by atoms with Crippen LogP contribution < -0.4 is 0 Å². The van der Waals surface area contributed by atoms with E-state index in [1.165, 1.54) is 0 Å². The number of hydrogen-bond donors (Lipinski definition) is 0. The van der Waals surface area contributed by atoms with Crippen LogP contribution in [0.1, 0.15) is 13.8 Å². The lowest BCUT2D eigenvalue weighted by molar-refractivity contribution is -0.135. The Balaban J connectivity index is 2.45. The fraction of sp³-hybridized carbons (Fsp3) is 0.889. The molecule has 1 saturated heterocycles. The van der Waals surface area contributed by atoms with E-state index in [1.54, 1.807) is 0 Å². The standard InChI is InChI=1S/C9H16BrNO2/c1-7(2)8(10)9(12)11-3-5-13-6-4-11/h7-8H,3-6H2,1-2H3/t8-/m0/s1. The maximum absolute atomic E-state index is 11.8. The second-order valence-corrected chi connectivity index (χ2v) is 4.57. The summed E-state index contributed by atoms with van der Waals surface area (Å²) in [5.74, 6) is 0.536. The Hall–Kier alpha value is -0.0900. The minimum absolute atomic E-state index is 0.0504. The van der Waals surface area contributed by atoms with Gasteiger partial charge in [0.05, 0.1) is 18.0 Å². The van der Waals surface area contributed by atoms with Crippen molar-refractivity contribution in [2.75, 3.05) is 26.3 Å². The predicted molar refractivity (Wildman–Crippen MR) is 55.0 cm³/mol. The van der Waals surface area contributed by atoms with E-state index in [1.807, 2.05) is 18.7 Å². The van der Waals surface area contributed by atoms with Crippen molar-refractivity contribution >= 4 is 21.8 Å². The van der Waals surface area contributed by atoms with Gasteiger partial charge < -0.3 is 9.64 Å². The first-order valence-corrected chi connectivity index (χ1v) is 5.55. The molecule has 0 radical (unpaired) electrons. The molecule has 0 aromatic heterocycles. The fourth-order valence-corrected chi connectivity index (χ4v) is 1.53. The van der Waals surface area contributed by atoms with E-state index in [-0.39, 0.29) is 10.7 Å². The van der Waals surface area contributed by atoms with E-state index >= 15 is 0 Å². The van der Waals surface area contributed by atoms with Crippen LogP contribution in [0, 0.1) is 5.92 Å². The van der Waals surface area contributed by atoms with Gasteiger partial charge in [-0.2, -0.15) is 0 Å². The normalized spacial score (nSPS) is 20.5. The molecule has 0 aromatic carbocycles. The van der Waals surface area contributed by atoms with Crippen molar-refractivity contribution in [1.82, 2.24) is 4.90 Å². The number of morpholine rings is 1. The number of halogens is 1. The van der Waals surface area contributed by atoms with Crippen molar-refractivity contribution in [3.05, 3.63) is 0 Å². The molecule has 1 fully saturated rings. The SMILES string of the molecule is CC(C)[C@H](Br)C(=O)N1CCOCC1. The summed E-state index contributed by atoms with van der Waals surface area (Å²) in [5, 5.41) is 0. The summed E-state index contributed by atoms with van der Waals surface area (Å²) >= 11 is 3.41. The average Bonchev–Trinajstić information content (AvgIpc) is 2.17. The van der Waals surface area contributed by atoms with Crippen LogP contribution >= 0.6 is 15.9 Å². The molecule has 0 saturated carbocycles. The van der Waals surface area contributed by atoms with E-state index in [2.05, 4.69) is 15.9 Å². The van der Waals surface area contributed by atoms with E-state index in [9.17, 15) is 4.79 Å². The Kier molecular flexibility index (Phi) is 4.19. The van der Waals surface area contributed by atoms with Gasteiger partial charge in [-0.3, -0.25) is 4.79 Å². The van der Waals surface area contributed by atoms with E-state index in [4.69, 9.17) is 4.74 Å². The highest BCUT2D eigenvalue weighted by molar-refractivity contribution is 9.10. The number of carbonyl (C=O) groups is 1. The van der Waals surface area contributed by atoms with Crippen LogP contribution in [0.4, 0.5) is 0 Å². The average molecular weight is 250 g/mol. The van der Waals surface area contributed by atoms with E-state index in [0.717, 1.165) is 13.1 Å². The first kappa shape index (κ1) is 11.0. The molecular weight excluding hydrogens is 234 g/mol. The number of nitrogens with zero attached hydrogens (tertiary/aromatic N) is 1. The van der Waals surface area contributed by atoms with Crippen LogP contribution in [0.5, 0.6) is 0 Å². The summed E-state index contributed by atoms with van der Waals surface area (Å²) in [6.45, 7) is 6.88. The lowest BCUT2D eigenvalue weighted by Gasteiger charge is -2.29. The zero-order valence-corrected chi connectivity index (χ0v) is 9.71. The molecule has 4 heteroatoms. The minimum atomic E-state index is -0.0504. The molecule has 1 amide bonds. The molecule has 0 bridgehead atoms. The summed E-state index contributed by atoms with van der Waals surface area (Å²) in [6.07, 6.45) is 0. The van der Waals surface area contributed by atoms with Gasteiger partial charge in [0.25, 0.3) is 0 Å². The lowest BCUT2D eigenvalue weighted by atomic mass is 10.1. The van der Waals surface area contributed by atoms with E-state index in [0.29, 0.717) is 19.1 Å². The van der Waals surface area contributed by atoms with Crippen LogP contribution in [0.2, 0.25) is 0 Å². The van der Waals surface area contributed by atoms with Crippen molar-refractivity contribution in [2.24, 2.45) is 5.92 Å². The van der Waals surface area contributed by atoms with Gasteiger partial charge in [-0.25, -0.2) is 0 Å². The second-order valence-electron chi connectivity index (χ2n) is 3.58. The van der Waals surface area contributed by atoms with Crippen LogP contribution in [0.25, 0.3) is 0 Å². The zero-order valence-electron chi connectivity index (χ0n) is 8.12. The predicted octanol–water partition coefficient (Wildman–Crippen LogP) is 1.26.